The fraction of sp³-hybridized carbons (Fsp3) is 0.241. The number of carbonyl (C=O) groups is 2. The summed E-state index contributed by atoms with van der Waals surface area (Å²) in [4.78, 5) is 35.2. The zero-order valence-corrected chi connectivity index (χ0v) is 23.7. The van der Waals surface area contributed by atoms with Crippen LogP contribution in [-0.4, -0.2) is 37.8 Å². The zero-order chi connectivity index (χ0) is 30.0. The first-order chi connectivity index (χ1) is 20.1. The molecule has 5 rings (SSSR count). The fourth-order valence-corrected chi connectivity index (χ4v) is 5.04. The summed E-state index contributed by atoms with van der Waals surface area (Å²) in [7, 11) is 0. The maximum Gasteiger partial charge on any atom is 0.274 e. The third-order valence-corrected chi connectivity index (χ3v) is 7.41. The summed E-state index contributed by atoms with van der Waals surface area (Å²) in [5.74, 6) is -1.70. The molecule has 2 aromatic carbocycles. The minimum Gasteiger partial charge on any atom is -0.370 e. The van der Waals surface area contributed by atoms with E-state index in [0.717, 1.165) is 11.1 Å². The lowest BCUT2D eigenvalue weighted by atomic mass is 9.95. The number of aromatic nitrogens is 4. The second kappa shape index (κ2) is 12.0. The second-order valence-corrected chi connectivity index (χ2v) is 10.5. The third-order valence-electron chi connectivity index (χ3n) is 7.12. The van der Waals surface area contributed by atoms with Crippen molar-refractivity contribution >= 4 is 40.7 Å². The molecule has 11 nitrogen and oxygen atoms in total. The average molecular weight is 590 g/mol. The molecule has 6 N–H and O–H groups in total. The summed E-state index contributed by atoms with van der Waals surface area (Å²) in [6.07, 6.45) is 3.37. The highest BCUT2D eigenvalue weighted by molar-refractivity contribution is 6.30. The normalized spacial score (nSPS) is 16.8. The molecular formula is C29H29ClFN9O2. The van der Waals surface area contributed by atoms with E-state index in [9.17, 15) is 14.0 Å². The molecule has 2 amide bonds. The number of anilines is 1. The summed E-state index contributed by atoms with van der Waals surface area (Å²) in [5, 5.41) is 14.0. The number of nitrogens with one attached hydrogen (secondary N) is 2. The Morgan fingerprint density at radius 1 is 1.19 bits per heavy atom. The lowest BCUT2D eigenvalue weighted by molar-refractivity contribution is -0.119. The van der Waals surface area contributed by atoms with Crippen molar-refractivity contribution in [2.75, 3.05) is 5.32 Å². The Morgan fingerprint density at radius 2 is 2.00 bits per heavy atom. The van der Waals surface area contributed by atoms with Crippen LogP contribution in [0.4, 0.5) is 15.8 Å². The van der Waals surface area contributed by atoms with Crippen molar-refractivity contribution in [2.24, 2.45) is 22.4 Å². The van der Waals surface area contributed by atoms with Crippen LogP contribution >= 0.6 is 11.6 Å². The van der Waals surface area contributed by atoms with E-state index in [1.165, 1.54) is 16.8 Å². The first kappa shape index (κ1) is 28.7. The molecule has 3 heterocycles. The van der Waals surface area contributed by atoms with Crippen molar-refractivity contribution < 1.29 is 14.0 Å². The monoisotopic (exact) mass is 589 g/mol. The molecule has 2 bridgehead atoms. The SMILES string of the molecule is Cc1c(C(=O)N[C@H]2CCC[C@@H](C)C(=O)Nc3cc(N=C(N)N)ccc3-c3ccnc2c3)nnn1-c1cccc(Cl)c1F. The van der Waals surface area contributed by atoms with Gasteiger partial charge in [-0.25, -0.2) is 14.1 Å². The summed E-state index contributed by atoms with van der Waals surface area (Å²) in [5.41, 5.74) is 14.8. The predicted molar refractivity (Wildman–Crippen MR) is 158 cm³/mol. The average Bonchev–Trinajstić information content (AvgIpc) is 3.34. The van der Waals surface area contributed by atoms with E-state index in [0.29, 0.717) is 42.0 Å². The van der Waals surface area contributed by atoms with Crippen LogP contribution in [0.25, 0.3) is 16.8 Å². The Kier molecular flexibility index (Phi) is 8.16. The first-order valence-corrected chi connectivity index (χ1v) is 13.7. The highest BCUT2D eigenvalue weighted by Gasteiger charge is 2.25. The van der Waals surface area contributed by atoms with Gasteiger partial charge in [-0.15, -0.1) is 5.10 Å². The third kappa shape index (κ3) is 5.93. The summed E-state index contributed by atoms with van der Waals surface area (Å²) < 4.78 is 15.9. The van der Waals surface area contributed by atoms with Crippen molar-refractivity contribution in [1.29, 1.82) is 0 Å². The minimum absolute atomic E-state index is 0.0435. The lowest BCUT2D eigenvalue weighted by Crippen LogP contribution is -2.30. The quantitative estimate of drug-likeness (QED) is 0.200. The number of rotatable bonds is 4. The number of nitrogens with two attached hydrogens (primary N) is 2. The summed E-state index contributed by atoms with van der Waals surface area (Å²) in [6, 6.07) is 13.0. The summed E-state index contributed by atoms with van der Waals surface area (Å²) in [6.45, 7) is 3.48. The van der Waals surface area contributed by atoms with Crippen molar-refractivity contribution in [3.63, 3.8) is 0 Å². The fourth-order valence-electron chi connectivity index (χ4n) is 4.87. The first-order valence-electron chi connectivity index (χ1n) is 13.3. The van der Waals surface area contributed by atoms with E-state index in [-0.39, 0.29) is 34.2 Å². The number of nitrogens with zero attached hydrogens (tertiary/aromatic N) is 5. The number of hydrogen-bond acceptors (Lipinski definition) is 6. The van der Waals surface area contributed by atoms with Gasteiger partial charge in [-0.05, 0) is 61.7 Å². The standard InChI is InChI=1S/C29H29ClFN9O2/c1-15-5-3-7-21(36-28(42)26-16(2)40(39-38-26)24-8-4-6-20(30)25(24)31)23-13-17(11-12-34-23)19-10-9-18(35-29(32)33)14-22(19)37-27(15)41/h4,6,8-15,21H,3,5,7H2,1-2H3,(H,36,42)(H,37,41)(H4,32,33,35)/t15-,21+/m1/s1. The largest absolute Gasteiger partial charge is 0.370 e. The molecule has 0 saturated heterocycles. The number of benzene rings is 2. The Bertz CT molecular complexity index is 1700. The van der Waals surface area contributed by atoms with Crippen LogP contribution in [0.5, 0.6) is 0 Å². The molecular weight excluding hydrogens is 561 g/mol. The maximum absolute atomic E-state index is 14.7. The molecule has 0 saturated carbocycles. The molecule has 1 aliphatic heterocycles. The van der Waals surface area contributed by atoms with Gasteiger partial charge in [0.15, 0.2) is 17.5 Å². The summed E-state index contributed by atoms with van der Waals surface area (Å²) >= 11 is 5.94. The van der Waals surface area contributed by atoms with Crippen molar-refractivity contribution in [3.8, 4) is 16.8 Å². The number of aliphatic imine (C=N–C) groups is 1. The number of pyridine rings is 1. The second-order valence-electron chi connectivity index (χ2n) is 10.1. The number of hydrogen-bond donors (Lipinski definition) is 4. The molecule has 0 aliphatic carbocycles. The van der Waals surface area contributed by atoms with E-state index in [1.807, 2.05) is 25.1 Å². The molecule has 0 spiro atoms. The van der Waals surface area contributed by atoms with Gasteiger partial charge in [0.05, 0.1) is 33.8 Å². The lowest BCUT2D eigenvalue weighted by Gasteiger charge is -2.22. The minimum atomic E-state index is -0.664. The maximum atomic E-state index is 14.7. The van der Waals surface area contributed by atoms with E-state index < -0.39 is 17.8 Å². The number of amides is 2. The molecule has 42 heavy (non-hydrogen) atoms. The van der Waals surface area contributed by atoms with Crippen LogP contribution in [0.15, 0.2) is 59.7 Å². The Morgan fingerprint density at radius 3 is 2.79 bits per heavy atom. The van der Waals surface area contributed by atoms with Gasteiger partial charge < -0.3 is 22.1 Å². The molecule has 1 aliphatic rings. The molecule has 13 heteroatoms. The van der Waals surface area contributed by atoms with Crippen LogP contribution in [0.2, 0.25) is 5.02 Å². The van der Waals surface area contributed by atoms with Crippen LogP contribution in [-0.2, 0) is 4.79 Å². The number of carbonyl (C=O) groups excluding carboxylic acids is 2. The Balaban J connectivity index is 1.50. The number of fused-ring (bicyclic) bond motifs is 4. The van der Waals surface area contributed by atoms with Gasteiger partial charge in [0.2, 0.25) is 5.91 Å². The predicted octanol–water partition coefficient (Wildman–Crippen LogP) is 4.56. The molecule has 2 atom stereocenters. The van der Waals surface area contributed by atoms with Crippen LogP contribution in [0, 0.1) is 18.7 Å². The van der Waals surface area contributed by atoms with E-state index in [1.54, 1.807) is 31.3 Å². The van der Waals surface area contributed by atoms with Crippen molar-refractivity contribution in [3.05, 3.63) is 82.6 Å². The highest BCUT2D eigenvalue weighted by atomic mass is 35.5. The molecule has 216 valence electrons. The number of halogens is 2. The van der Waals surface area contributed by atoms with Crippen molar-refractivity contribution in [1.82, 2.24) is 25.3 Å². The Hall–Kier alpha value is -4.84. The van der Waals surface area contributed by atoms with Gasteiger partial charge in [0.25, 0.3) is 5.91 Å². The van der Waals surface area contributed by atoms with Crippen LogP contribution < -0.4 is 22.1 Å². The van der Waals surface area contributed by atoms with Gasteiger partial charge >= 0.3 is 0 Å². The van der Waals surface area contributed by atoms with Gasteiger partial charge in [-0.2, -0.15) is 0 Å². The number of guanidine groups is 1. The molecule has 0 radical (unpaired) electrons. The van der Waals surface area contributed by atoms with Crippen LogP contribution in [0.3, 0.4) is 0 Å². The Labute approximate surface area is 246 Å². The smallest absolute Gasteiger partial charge is 0.274 e. The van der Waals surface area contributed by atoms with E-state index in [2.05, 4.69) is 30.9 Å². The van der Waals surface area contributed by atoms with Gasteiger partial charge in [0, 0.05) is 17.7 Å². The molecule has 0 unspecified atom stereocenters. The van der Waals surface area contributed by atoms with Gasteiger partial charge in [-0.1, -0.05) is 42.3 Å². The molecule has 4 aromatic rings. The van der Waals surface area contributed by atoms with E-state index in [4.69, 9.17) is 23.1 Å². The van der Waals surface area contributed by atoms with E-state index >= 15 is 0 Å². The highest BCUT2D eigenvalue weighted by Crippen LogP contribution is 2.34. The zero-order valence-electron chi connectivity index (χ0n) is 22.9. The van der Waals surface area contributed by atoms with Gasteiger partial charge in [-0.3, -0.25) is 14.6 Å². The van der Waals surface area contributed by atoms with Crippen LogP contribution in [0.1, 0.15) is 54.1 Å². The topological polar surface area (TPSA) is 166 Å². The molecule has 0 fully saturated rings. The van der Waals surface area contributed by atoms with Gasteiger partial charge in [0.1, 0.15) is 5.69 Å². The van der Waals surface area contributed by atoms with Crippen molar-refractivity contribution in [2.45, 2.75) is 39.2 Å². The molecule has 2 aromatic heterocycles.